The molecule has 0 atom stereocenters. The molecule has 1 heterocycles. The van der Waals surface area contributed by atoms with Crippen molar-refractivity contribution in [2.24, 2.45) is 0 Å². The number of aryl methyl sites for hydroxylation is 1. The second-order valence-corrected chi connectivity index (χ2v) is 5.77. The number of furan rings is 1. The van der Waals surface area contributed by atoms with E-state index in [1.54, 1.807) is 0 Å². The summed E-state index contributed by atoms with van der Waals surface area (Å²) in [6.45, 7) is 3.83. The molecule has 1 aromatic carbocycles. The second kappa shape index (κ2) is 5.71. The average Bonchev–Trinajstić information content (AvgIpc) is 3.16. The molecule has 1 fully saturated rings. The molecule has 3 nitrogen and oxygen atoms in total. The molecule has 0 radical (unpaired) electrons. The standard InChI is InChI=1S/C17H22N2O/c1-13-4-3-5-16(8-13)19(2)11-17-9-14(12-20-17)10-18-15-6-7-15/h3-5,8-9,12,15,18H,6-7,10-11H2,1-2H3. The third kappa shape index (κ3) is 3.42. The topological polar surface area (TPSA) is 28.4 Å². The van der Waals surface area contributed by atoms with Crippen molar-refractivity contribution in [1.29, 1.82) is 0 Å². The lowest BCUT2D eigenvalue weighted by molar-refractivity contribution is 0.504. The normalized spacial score (nSPS) is 14.5. The van der Waals surface area contributed by atoms with Crippen LogP contribution in [0.1, 0.15) is 29.7 Å². The lowest BCUT2D eigenvalue weighted by Crippen LogP contribution is -2.16. The molecule has 1 N–H and O–H groups in total. The first kappa shape index (κ1) is 13.3. The molecule has 1 saturated carbocycles. The van der Waals surface area contributed by atoms with Gasteiger partial charge in [-0.05, 0) is 43.5 Å². The van der Waals surface area contributed by atoms with Crippen LogP contribution in [-0.4, -0.2) is 13.1 Å². The zero-order valence-electron chi connectivity index (χ0n) is 12.2. The Hall–Kier alpha value is -1.74. The highest BCUT2D eigenvalue weighted by Gasteiger charge is 2.20. The Morgan fingerprint density at radius 2 is 2.15 bits per heavy atom. The van der Waals surface area contributed by atoms with Gasteiger partial charge in [0.05, 0.1) is 12.8 Å². The quantitative estimate of drug-likeness (QED) is 0.871. The van der Waals surface area contributed by atoms with Gasteiger partial charge >= 0.3 is 0 Å². The van der Waals surface area contributed by atoms with Gasteiger partial charge in [0.2, 0.25) is 0 Å². The SMILES string of the molecule is Cc1cccc(N(C)Cc2cc(CNC3CC3)co2)c1. The van der Waals surface area contributed by atoms with E-state index in [2.05, 4.69) is 54.5 Å². The Bertz CT molecular complexity index is 572. The van der Waals surface area contributed by atoms with Crippen molar-refractivity contribution in [2.75, 3.05) is 11.9 Å². The molecular formula is C17H22N2O. The van der Waals surface area contributed by atoms with Crippen molar-refractivity contribution >= 4 is 5.69 Å². The summed E-state index contributed by atoms with van der Waals surface area (Å²) in [5.41, 5.74) is 3.74. The van der Waals surface area contributed by atoms with Gasteiger partial charge in [-0.3, -0.25) is 0 Å². The van der Waals surface area contributed by atoms with E-state index < -0.39 is 0 Å². The summed E-state index contributed by atoms with van der Waals surface area (Å²) < 4.78 is 5.66. The number of anilines is 1. The van der Waals surface area contributed by atoms with Crippen LogP contribution in [-0.2, 0) is 13.1 Å². The fourth-order valence-electron chi connectivity index (χ4n) is 2.34. The number of nitrogens with one attached hydrogen (secondary N) is 1. The van der Waals surface area contributed by atoms with Gasteiger partial charge in [0.15, 0.2) is 0 Å². The summed E-state index contributed by atoms with van der Waals surface area (Å²) in [6, 6.07) is 11.4. The monoisotopic (exact) mass is 270 g/mol. The minimum Gasteiger partial charge on any atom is -0.467 e. The molecular weight excluding hydrogens is 248 g/mol. The first-order chi connectivity index (χ1) is 9.70. The minimum absolute atomic E-state index is 0.739. The highest BCUT2D eigenvalue weighted by Crippen LogP contribution is 2.21. The Kier molecular flexibility index (Phi) is 3.79. The van der Waals surface area contributed by atoms with Crippen LogP contribution < -0.4 is 10.2 Å². The zero-order chi connectivity index (χ0) is 13.9. The Balaban J connectivity index is 1.59. The summed E-state index contributed by atoms with van der Waals surface area (Å²) >= 11 is 0. The molecule has 0 bridgehead atoms. The van der Waals surface area contributed by atoms with Gasteiger partial charge in [-0.2, -0.15) is 0 Å². The molecule has 1 aliphatic rings. The first-order valence-electron chi connectivity index (χ1n) is 7.28. The van der Waals surface area contributed by atoms with Crippen LogP contribution in [0, 0.1) is 6.92 Å². The summed E-state index contributed by atoms with van der Waals surface area (Å²) in [5.74, 6) is 1.02. The fraction of sp³-hybridized carbons (Fsp3) is 0.412. The third-order valence-corrected chi connectivity index (χ3v) is 3.72. The van der Waals surface area contributed by atoms with Crippen molar-refractivity contribution in [3.05, 3.63) is 53.5 Å². The van der Waals surface area contributed by atoms with Gasteiger partial charge in [-0.1, -0.05) is 12.1 Å². The lowest BCUT2D eigenvalue weighted by atomic mass is 10.2. The van der Waals surface area contributed by atoms with Crippen LogP contribution in [0.25, 0.3) is 0 Å². The number of nitrogens with zero attached hydrogens (tertiary/aromatic N) is 1. The highest BCUT2D eigenvalue weighted by atomic mass is 16.3. The largest absolute Gasteiger partial charge is 0.467 e. The molecule has 0 spiro atoms. The van der Waals surface area contributed by atoms with Gasteiger partial charge in [0, 0.05) is 30.9 Å². The zero-order valence-corrected chi connectivity index (χ0v) is 12.2. The van der Waals surface area contributed by atoms with Crippen LogP contribution in [0.15, 0.2) is 41.0 Å². The van der Waals surface area contributed by atoms with E-state index in [9.17, 15) is 0 Å². The molecule has 0 unspecified atom stereocenters. The molecule has 106 valence electrons. The molecule has 0 amide bonds. The molecule has 2 aromatic rings. The number of rotatable bonds is 6. The predicted molar refractivity (Wildman–Crippen MR) is 81.9 cm³/mol. The summed E-state index contributed by atoms with van der Waals surface area (Å²) in [4.78, 5) is 2.21. The summed E-state index contributed by atoms with van der Waals surface area (Å²) in [6.07, 6.45) is 4.51. The van der Waals surface area contributed by atoms with E-state index >= 15 is 0 Å². The van der Waals surface area contributed by atoms with Crippen LogP contribution >= 0.6 is 0 Å². The Labute approximate surface area is 120 Å². The molecule has 20 heavy (non-hydrogen) atoms. The molecule has 1 aliphatic carbocycles. The summed E-state index contributed by atoms with van der Waals surface area (Å²) in [5, 5.41) is 3.51. The van der Waals surface area contributed by atoms with E-state index in [4.69, 9.17) is 4.42 Å². The van der Waals surface area contributed by atoms with E-state index in [0.717, 1.165) is 24.9 Å². The average molecular weight is 270 g/mol. The number of hydrogen-bond acceptors (Lipinski definition) is 3. The number of benzene rings is 1. The lowest BCUT2D eigenvalue weighted by Gasteiger charge is -2.18. The minimum atomic E-state index is 0.739. The fourth-order valence-corrected chi connectivity index (χ4v) is 2.34. The van der Waals surface area contributed by atoms with Gasteiger partial charge in [0.25, 0.3) is 0 Å². The maximum absolute atomic E-state index is 5.66. The van der Waals surface area contributed by atoms with Gasteiger partial charge < -0.3 is 14.6 Å². The Morgan fingerprint density at radius 1 is 1.30 bits per heavy atom. The molecule has 1 aromatic heterocycles. The van der Waals surface area contributed by atoms with Crippen molar-refractivity contribution in [2.45, 2.75) is 38.9 Å². The number of hydrogen-bond donors (Lipinski definition) is 1. The van der Waals surface area contributed by atoms with E-state index in [0.29, 0.717) is 0 Å². The van der Waals surface area contributed by atoms with Gasteiger partial charge in [-0.25, -0.2) is 0 Å². The maximum Gasteiger partial charge on any atom is 0.123 e. The molecule has 3 heteroatoms. The van der Waals surface area contributed by atoms with Gasteiger partial charge in [0.1, 0.15) is 5.76 Å². The van der Waals surface area contributed by atoms with E-state index in [1.165, 1.54) is 29.7 Å². The third-order valence-electron chi connectivity index (χ3n) is 3.72. The van der Waals surface area contributed by atoms with Crippen LogP contribution in [0.3, 0.4) is 0 Å². The smallest absolute Gasteiger partial charge is 0.123 e. The highest BCUT2D eigenvalue weighted by molar-refractivity contribution is 5.47. The van der Waals surface area contributed by atoms with Crippen LogP contribution in [0.4, 0.5) is 5.69 Å². The van der Waals surface area contributed by atoms with Crippen LogP contribution in [0.5, 0.6) is 0 Å². The second-order valence-electron chi connectivity index (χ2n) is 5.77. The van der Waals surface area contributed by atoms with Crippen LogP contribution in [0.2, 0.25) is 0 Å². The summed E-state index contributed by atoms with van der Waals surface area (Å²) in [7, 11) is 2.10. The van der Waals surface area contributed by atoms with Crippen molar-refractivity contribution in [3.63, 3.8) is 0 Å². The Morgan fingerprint density at radius 3 is 2.90 bits per heavy atom. The predicted octanol–water partition coefficient (Wildman–Crippen LogP) is 3.48. The molecule has 0 saturated heterocycles. The molecule has 3 rings (SSSR count). The first-order valence-corrected chi connectivity index (χ1v) is 7.28. The van der Waals surface area contributed by atoms with Crippen molar-refractivity contribution in [1.82, 2.24) is 5.32 Å². The molecule has 0 aliphatic heterocycles. The van der Waals surface area contributed by atoms with Crippen molar-refractivity contribution < 1.29 is 4.42 Å². The van der Waals surface area contributed by atoms with Crippen molar-refractivity contribution in [3.8, 4) is 0 Å². The van der Waals surface area contributed by atoms with E-state index in [-0.39, 0.29) is 0 Å². The van der Waals surface area contributed by atoms with E-state index in [1.807, 2.05) is 6.26 Å². The maximum atomic E-state index is 5.66. The van der Waals surface area contributed by atoms with Gasteiger partial charge in [-0.15, -0.1) is 0 Å².